The molecule has 8 aromatic rings. The number of fused-ring (bicyclic) bond motifs is 7. The first-order valence-electron chi connectivity index (χ1n) is 18.3. The molecule has 0 spiro atoms. The zero-order valence-electron chi connectivity index (χ0n) is 32.8. The summed E-state index contributed by atoms with van der Waals surface area (Å²) >= 11 is 1.62. The van der Waals surface area contributed by atoms with E-state index in [1.807, 2.05) is 36.4 Å². The summed E-state index contributed by atoms with van der Waals surface area (Å²) < 4.78 is 49.4. The van der Waals surface area contributed by atoms with Crippen molar-refractivity contribution in [3.05, 3.63) is 138 Å². The molecule has 50 heavy (non-hydrogen) atoms. The van der Waals surface area contributed by atoms with Crippen LogP contribution in [0, 0.1) is 31.8 Å². The fourth-order valence-electron chi connectivity index (χ4n) is 6.48. The van der Waals surface area contributed by atoms with E-state index in [9.17, 15) is 4.39 Å². The quantitative estimate of drug-likeness (QED) is 0.127. The van der Waals surface area contributed by atoms with Gasteiger partial charge >= 0.3 is 0 Å². The van der Waals surface area contributed by atoms with E-state index >= 15 is 0 Å². The number of nitrogens with zero attached hydrogens (tertiary/aromatic N) is 2. The summed E-state index contributed by atoms with van der Waals surface area (Å²) in [6.07, 6.45) is -1.80. The molecule has 0 N–H and O–H groups in total. The van der Waals surface area contributed by atoms with Crippen molar-refractivity contribution in [1.29, 1.82) is 0 Å². The molecule has 6 heteroatoms. The van der Waals surface area contributed by atoms with Gasteiger partial charge in [0.1, 0.15) is 5.82 Å². The van der Waals surface area contributed by atoms with Crippen LogP contribution in [0.25, 0.3) is 64.2 Å². The molecular weight excluding hydrogens is 828 g/mol. The van der Waals surface area contributed by atoms with Gasteiger partial charge in [-0.05, 0) is 57.5 Å². The summed E-state index contributed by atoms with van der Waals surface area (Å²) in [5, 5.41) is 7.85. The first kappa shape index (κ1) is 30.7. The van der Waals surface area contributed by atoms with Gasteiger partial charge in [0.05, 0.1) is 14.3 Å². The Bertz CT molecular complexity index is 2670. The van der Waals surface area contributed by atoms with Crippen LogP contribution in [0.4, 0.5) is 4.39 Å². The second kappa shape index (κ2) is 14.7. The first-order chi connectivity index (χ1) is 25.0. The van der Waals surface area contributed by atoms with Crippen molar-refractivity contribution in [1.82, 2.24) is 9.97 Å². The van der Waals surface area contributed by atoms with Crippen LogP contribution in [0.1, 0.15) is 35.5 Å². The van der Waals surface area contributed by atoms with E-state index in [-0.39, 0.29) is 25.7 Å². The minimum Gasteiger partial charge on any atom is -0.305 e. The van der Waals surface area contributed by atoms with Crippen molar-refractivity contribution in [3.63, 3.8) is 0 Å². The molecule has 0 saturated carbocycles. The molecule has 0 unspecified atom stereocenters. The molecule has 5 aromatic carbocycles. The molecule has 1 radical (unpaired) electrons. The van der Waals surface area contributed by atoms with Crippen LogP contribution < -0.4 is 5.19 Å². The minimum atomic E-state index is -2.54. The van der Waals surface area contributed by atoms with E-state index < -0.39 is 26.6 Å². The summed E-state index contributed by atoms with van der Waals surface area (Å²) in [6.45, 7) is 12.4. The van der Waals surface area contributed by atoms with E-state index in [1.165, 1.54) is 22.4 Å². The van der Waals surface area contributed by atoms with Crippen LogP contribution in [-0.2, 0) is 26.5 Å². The second-order valence-corrected chi connectivity index (χ2v) is 19.4. The Kier molecular flexibility index (Phi) is 9.01. The SMILES string of the molecule is Cc1cc(-c2[c-]cccc2)ncc1[Si](C)(C)C.[2H]C([2H])(C)C([2H])([2H])c1cc(-c2[c-]c3ccccc3c3c2sc2c4ccc(C)cc4ccc23)ncc1F.[Ir]. The van der Waals surface area contributed by atoms with Crippen LogP contribution in [0.3, 0.4) is 0 Å². The number of hydrogen-bond acceptors (Lipinski definition) is 3. The molecule has 0 aliphatic carbocycles. The third kappa shape index (κ3) is 6.95. The van der Waals surface area contributed by atoms with Crippen LogP contribution in [0.15, 0.2) is 103 Å². The Morgan fingerprint density at radius 3 is 2.32 bits per heavy atom. The van der Waals surface area contributed by atoms with Gasteiger partial charge in [0.15, 0.2) is 0 Å². The third-order valence-electron chi connectivity index (χ3n) is 8.78. The molecular formula is C44H39FIrN2SSi-2. The van der Waals surface area contributed by atoms with Gasteiger partial charge in [0.25, 0.3) is 0 Å². The maximum absolute atomic E-state index is 14.8. The molecule has 0 saturated heterocycles. The summed E-state index contributed by atoms with van der Waals surface area (Å²) in [5.74, 6) is -0.871. The zero-order chi connectivity index (χ0) is 37.9. The van der Waals surface area contributed by atoms with E-state index in [0.29, 0.717) is 11.3 Å². The fraction of sp³-hybridized carbons (Fsp3) is 0.182. The largest absolute Gasteiger partial charge is 0.305 e. The summed E-state index contributed by atoms with van der Waals surface area (Å²) in [5.41, 5.74) is 5.29. The van der Waals surface area contributed by atoms with Crippen LogP contribution in [0.5, 0.6) is 0 Å². The Balaban J connectivity index is 0.000000233. The van der Waals surface area contributed by atoms with Gasteiger partial charge in [0.2, 0.25) is 0 Å². The van der Waals surface area contributed by atoms with Crippen molar-refractivity contribution in [2.45, 2.75) is 53.2 Å². The maximum atomic E-state index is 14.8. The first-order valence-corrected chi connectivity index (χ1v) is 20.7. The molecule has 0 bridgehead atoms. The van der Waals surface area contributed by atoms with Crippen LogP contribution in [-0.4, -0.2) is 18.0 Å². The van der Waals surface area contributed by atoms with E-state index in [2.05, 4.69) is 110 Å². The van der Waals surface area contributed by atoms with Gasteiger partial charge in [-0.2, -0.15) is 11.3 Å². The number of pyridine rings is 2. The van der Waals surface area contributed by atoms with Crippen LogP contribution in [0.2, 0.25) is 19.6 Å². The Morgan fingerprint density at radius 2 is 1.58 bits per heavy atom. The number of hydrogen-bond donors (Lipinski definition) is 0. The minimum absolute atomic E-state index is 0. The third-order valence-corrected chi connectivity index (χ3v) is 12.2. The number of benzene rings is 5. The van der Waals surface area contributed by atoms with Gasteiger partial charge in [-0.1, -0.05) is 121 Å². The van der Waals surface area contributed by atoms with Gasteiger partial charge < -0.3 is 4.98 Å². The Morgan fingerprint density at radius 1 is 0.820 bits per heavy atom. The standard InChI is InChI=1S/C29H21FNS.C15H18NSi.Ir/c1-3-6-20-15-26(31-16-25(20)30)24-14-18-7-4-5-8-21(18)27-23-12-10-19-13-17(2)9-11-22(19)28(23)32-29(24)27;1-12-10-14(13-8-6-5-7-9-13)16-11-15(12)17(2,3)4;/h4-5,7-13,15-16H,3,6H2,1-2H3;5-8,10-11H,1-4H3;/q2*-1;/i3D2,6D2;;. The maximum Gasteiger partial charge on any atom is 0.143 e. The number of aromatic nitrogens is 2. The van der Waals surface area contributed by atoms with Gasteiger partial charge in [-0.25, -0.2) is 4.39 Å². The number of thiophene rings is 1. The van der Waals surface area contributed by atoms with Crippen molar-refractivity contribution < 1.29 is 30.0 Å². The molecule has 253 valence electrons. The smallest absolute Gasteiger partial charge is 0.143 e. The molecule has 2 nitrogen and oxygen atoms in total. The molecule has 0 fully saturated rings. The van der Waals surface area contributed by atoms with Gasteiger partial charge in [0, 0.05) is 42.2 Å². The average Bonchev–Trinajstić information content (AvgIpc) is 3.51. The second-order valence-electron chi connectivity index (χ2n) is 13.4. The normalized spacial score (nSPS) is 13.3. The van der Waals surface area contributed by atoms with Gasteiger partial charge in [-0.3, -0.25) is 4.98 Å². The van der Waals surface area contributed by atoms with Crippen LogP contribution >= 0.6 is 11.3 Å². The molecule has 3 heterocycles. The van der Waals surface area contributed by atoms with E-state index in [1.54, 1.807) is 11.3 Å². The van der Waals surface area contributed by atoms with Crippen molar-refractivity contribution in [2.24, 2.45) is 0 Å². The Hall–Kier alpha value is -4.06. The topological polar surface area (TPSA) is 25.8 Å². The number of aryl methyl sites for hydroxylation is 3. The van der Waals surface area contributed by atoms with E-state index in [4.69, 9.17) is 5.48 Å². The molecule has 0 atom stereocenters. The van der Waals surface area contributed by atoms with Crippen molar-refractivity contribution >= 4 is 66.3 Å². The summed E-state index contributed by atoms with van der Waals surface area (Å²) in [4.78, 5) is 8.90. The molecule has 0 amide bonds. The number of halogens is 1. The molecule has 0 aliphatic heterocycles. The molecule has 8 rings (SSSR count). The zero-order valence-corrected chi connectivity index (χ0v) is 33.0. The fourth-order valence-corrected chi connectivity index (χ4v) is 9.54. The number of rotatable bonds is 5. The predicted octanol–water partition coefficient (Wildman–Crippen LogP) is 12.0. The van der Waals surface area contributed by atoms with Crippen molar-refractivity contribution in [3.8, 4) is 22.5 Å². The average molecular weight is 871 g/mol. The van der Waals surface area contributed by atoms with E-state index in [0.717, 1.165) is 66.1 Å². The summed E-state index contributed by atoms with van der Waals surface area (Å²) in [7, 11) is -1.27. The van der Waals surface area contributed by atoms with Gasteiger partial charge in [-0.15, -0.1) is 53.4 Å². The Labute approximate surface area is 318 Å². The monoisotopic (exact) mass is 871 g/mol. The van der Waals surface area contributed by atoms with Crippen molar-refractivity contribution in [2.75, 3.05) is 0 Å². The summed E-state index contributed by atoms with van der Waals surface area (Å²) in [6, 6.07) is 36.8. The molecule has 0 aliphatic rings. The molecule has 3 aromatic heterocycles. The predicted molar refractivity (Wildman–Crippen MR) is 211 cm³/mol.